The summed E-state index contributed by atoms with van der Waals surface area (Å²) >= 11 is 0. The number of piperidine rings is 1. The SMILES string of the molecule is CCCC(C)(OCC)C1C2C(=O)N(c3ccc(N)c(C(F)(F)F)c3)C(=O)[C@]21C. The maximum atomic E-state index is 13.2. The van der Waals surface area contributed by atoms with Gasteiger partial charge in [-0.25, -0.2) is 4.90 Å². The number of nitrogen functional groups attached to an aromatic ring is 1. The van der Waals surface area contributed by atoms with Crippen molar-refractivity contribution in [2.75, 3.05) is 17.2 Å². The van der Waals surface area contributed by atoms with Gasteiger partial charge in [-0.05, 0) is 45.4 Å². The lowest BCUT2D eigenvalue weighted by molar-refractivity contribution is -0.137. The van der Waals surface area contributed by atoms with E-state index in [-0.39, 0.29) is 11.6 Å². The normalized spacial score (nSPS) is 29.0. The standard InChI is InChI=1S/C20H25F3N2O3/c1-5-9-18(3,28-6-2)15-14-16(26)25(17(27)19(14,15)4)11-7-8-13(24)12(10-11)20(21,22)23/h7-8,10,14-15H,5-6,9,24H2,1-4H3/t14?,15?,18?,19-/m1/s1. The van der Waals surface area contributed by atoms with Crippen LogP contribution in [-0.4, -0.2) is 24.0 Å². The first-order chi connectivity index (χ1) is 12.9. The Morgan fingerprint density at radius 2 is 1.89 bits per heavy atom. The number of fused-ring (bicyclic) bond motifs is 1. The second kappa shape index (κ2) is 6.47. The van der Waals surface area contributed by atoms with Crippen molar-refractivity contribution < 1.29 is 27.5 Å². The second-order valence-corrected chi connectivity index (χ2v) is 7.98. The molecule has 1 saturated heterocycles. The van der Waals surface area contributed by atoms with E-state index < -0.39 is 46.2 Å². The fraction of sp³-hybridized carbons (Fsp3) is 0.600. The predicted octanol–water partition coefficient (Wildman–Crippen LogP) is 4.01. The van der Waals surface area contributed by atoms with Crippen LogP contribution in [0.5, 0.6) is 0 Å². The summed E-state index contributed by atoms with van der Waals surface area (Å²) in [5, 5.41) is 0. The third kappa shape index (κ3) is 2.80. The Labute approximate surface area is 162 Å². The number of anilines is 2. The highest BCUT2D eigenvalue weighted by molar-refractivity contribution is 6.27. The van der Waals surface area contributed by atoms with Crippen molar-refractivity contribution in [1.29, 1.82) is 0 Å². The summed E-state index contributed by atoms with van der Waals surface area (Å²) in [4.78, 5) is 27.0. The Kier molecular flexibility index (Phi) is 4.77. The van der Waals surface area contributed by atoms with E-state index in [9.17, 15) is 22.8 Å². The number of amides is 2. The van der Waals surface area contributed by atoms with Gasteiger partial charge in [-0.1, -0.05) is 13.3 Å². The van der Waals surface area contributed by atoms with Crippen molar-refractivity contribution in [1.82, 2.24) is 0 Å². The second-order valence-electron chi connectivity index (χ2n) is 7.98. The van der Waals surface area contributed by atoms with Crippen LogP contribution in [0, 0.1) is 17.3 Å². The summed E-state index contributed by atoms with van der Waals surface area (Å²) in [7, 11) is 0. The highest BCUT2D eigenvalue weighted by Gasteiger charge is 2.80. The Morgan fingerprint density at radius 1 is 1.25 bits per heavy atom. The summed E-state index contributed by atoms with van der Waals surface area (Å²) < 4.78 is 45.4. The molecule has 154 valence electrons. The smallest absolute Gasteiger partial charge is 0.398 e. The fourth-order valence-corrected chi connectivity index (χ4v) is 4.96. The van der Waals surface area contributed by atoms with Gasteiger partial charge in [0.1, 0.15) is 0 Å². The lowest BCUT2D eigenvalue weighted by Gasteiger charge is -2.33. The number of nitrogens with two attached hydrogens (primary N) is 1. The van der Waals surface area contributed by atoms with E-state index in [1.807, 2.05) is 20.8 Å². The van der Waals surface area contributed by atoms with Gasteiger partial charge < -0.3 is 10.5 Å². The average molecular weight is 398 g/mol. The zero-order valence-corrected chi connectivity index (χ0v) is 16.4. The van der Waals surface area contributed by atoms with Crippen molar-refractivity contribution in [3.05, 3.63) is 23.8 Å². The van der Waals surface area contributed by atoms with E-state index in [1.165, 1.54) is 6.07 Å². The number of rotatable bonds is 6. The first kappa shape index (κ1) is 20.6. The Balaban J connectivity index is 1.95. The number of alkyl halides is 3. The summed E-state index contributed by atoms with van der Waals surface area (Å²) in [5.41, 5.74) is 2.23. The molecule has 1 aromatic rings. The van der Waals surface area contributed by atoms with Crippen LogP contribution < -0.4 is 10.6 Å². The number of ether oxygens (including phenoxy) is 1. The third-order valence-corrected chi connectivity index (χ3v) is 6.15. The lowest BCUT2D eigenvalue weighted by Crippen LogP contribution is -2.43. The molecule has 3 rings (SSSR count). The van der Waals surface area contributed by atoms with Crippen molar-refractivity contribution in [2.24, 2.45) is 17.3 Å². The van der Waals surface area contributed by atoms with Crippen LogP contribution >= 0.6 is 0 Å². The summed E-state index contributed by atoms with van der Waals surface area (Å²) in [6.07, 6.45) is -3.15. The topological polar surface area (TPSA) is 72.6 Å². The number of hydrogen-bond acceptors (Lipinski definition) is 4. The molecule has 2 aliphatic rings. The lowest BCUT2D eigenvalue weighted by atomic mass is 9.87. The number of carbonyl (C=O) groups excluding carboxylic acids is 2. The first-order valence-corrected chi connectivity index (χ1v) is 9.42. The van der Waals surface area contributed by atoms with E-state index in [1.54, 1.807) is 6.92 Å². The van der Waals surface area contributed by atoms with E-state index in [4.69, 9.17) is 10.5 Å². The molecule has 3 unspecified atom stereocenters. The molecule has 1 heterocycles. The largest absolute Gasteiger partial charge is 0.418 e. The molecule has 28 heavy (non-hydrogen) atoms. The van der Waals surface area contributed by atoms with Crippen molar-refractivity contribution >= 4 is 23.2 Å². The van der Waals surface area contributed by atoms with Crippen LogP contribution in [0.25, 0.3) is 0 Å². The van der Waals surface area contributed by atoms with Crippen LogP contribution in [0.1, 0.15) is 46.1 Å². The van der Waals surface area contributed by atoms with E-state index >= 15 is 0 Å². The van der Waals surface area contributed by atoms with Crippen molar-refractivity contribution in [3.63, 3.8) is 0 Å². The molecule has 0 bridgehead atoms. The average Bonchev–Trinajstić information content (AvgIpc) is 3.18. The Morgan fingerprint density at radius 3 is 2.36 bits per heavy atom. The van der Waals surface area contributed by atoms with Crippen molar-refractivity contribution in [3.8, 4) is 0 Å². The van der Waals surface area contributed by atoms with Gasteiger partial charge in [0.25, 0.3) is 0 Å². The van der Waals surface area contributed by atoms with E-state index in [0.717, 1.165) is 23.5 Å². The number of hydrogen-bond donors (Lipinski definition) is 1. The number of halogens is 3. The molecule has 0 aromatic heterocycles. The quantitative estimate of drug-likeness (QED) is 0.581. The molecule has 0 spiro atoms. The molecule has 8 heteroatoms. The monoisotopic (exact) mass is 398 g/mol. The molecule has 1 aliphatic heterocycles. The molecule has 0 radical (unpaired) electrons. The van der Waals surface area contributed by atoms with Gasteiger partial charge in [0.15, 0.2) is 0 Å². The third-order valence-electron chi connectivity index (χ3n) is 6.15. The van der Waals surface area contributed by atoms with Crippen LogP contribution in [0.15, 0.2) is 18.2 Å². The maximum Gasteiger partial charge on any atom is 0.418 e. The van der Waals surface area contributed by atoms with Gasteiger partial charge in [0, 0.05) is 18.2 Å². The number of benzene rings is 1. The molecule has 1 aliphatic carbocycles. The van der Waals surface area contributed by atoms with E-state index in [0.29, 0.717) is 13.0 Å². The highest BCUT2D eigenvalue weighted by Crippen LogP contribution is 2.69. The van der Waals surface area contributed by atoms with Gasteiger partial charge in [0.2, 0.25) is 11.8 Å². The molecule has 2 fully saturated rings. The zero-order chi connectivity index (χ0) is 21.1. The molecule has 5 nitrogen and oxygen atoms in total. The molecule has 2 amide bonds. The van der Waals surface area contributed by atoms with Gasteiger partial charge >= 0.3 is 6.18 Å². The Bertz CT molecular complexity index is 817. The van der Waals surface area contributed by atoms with Gasteiger partial charge in [-0.2, -0.15) is 13.2 Å². The minimum atomic E-state index is -4.67. The number of carbonyl (C=O) groups is 2. The predicted molar refractivity (Wildman–Crippen MR) is 98.4 cm³/mol. The Hall–Kier alpha value is -2.09. The van der Waals surface area contributed by atoms with Gasteiger partial charge in [0.05, 0.1) is 28.2 Å². The summed E-state index contributed by atoms with van der Waals surface area (Å²) in [5.74, 6) is -1.83. The zero-order valence-electron chi connectivity index (χ0n) is 16.4. The minimum absolute atomic E-state index is 0.0997. The first-order valence-electron chi connectivity index (χ1n) is 9.42. The fourth-order valence-electron chi connectivity index (χ4n) is 4.96. The van der Waals surface area contributed by atoms with Crippen LogP contribution in [0.3, 0.4) is 0 Å². The van der Waals surface area contributed by atoms with Crippen molar-refractivity contribution in [2.45, 2.75) is 52.3 Å². The molecule has 2 N–H and O–H groups in total. The molecule has 1 saturated carbocycles. The highest BCUT2D eigenvalue weighted by atomic mass is 19.4. The molecular weight excluding hydrogens is 373 g/mol. The molecule has 4 atom stereocenters. The van der Waals surface area contributed by atoms with Gasteiger partial charge in [-0.15, -0.1) is 0 Å². The molecule has 1 aromatic carbocycles. The van der Waals surface area contributed by atoms with E-state index in [2.05, 4.69) is 0 Å². The molecular formula is C20H25F3N2O3. The summed E-state index contributed by atoms with van der Waals surface area (Å²) in [6.45, 7) is 7.93. The van der Waals surface area contributed by atoms with Gasteiger partial charge in [-0.3, -0.25) is 9.59 Å². The minimum Gasteiger partial charge on any atom is -0.398 e. The van der Waals surface area contributed by atoms with Crippen LogP contribution in [0.2, 0.25) is 0 Å². The maximum absolute atomic E-state index is 13.2. The number of nitrogens with zero attached hydrogens (tertiary/aromatic N) is 1. The number of imide groups is 1. The summed E-state index contributed by atoms with van der Waals surface area (Å²) in [6, 6.07) is 3.11. The van der Waals surface area contributed by atoms with Crippen LogP contribution in [-0.2, 0) is 20.5 Å². The van der Waals surface area contributed by atoms with Crippen LogP contribution in [0.4, 0.5) is 24.5 Å².